The SMILES string of the molecule is COC(=O)c1ccc(CNC(=O)c2cc(F)ccc2C)cc1. The van der Waals surface area contributed by atoms with E-state index in [0.29, 0.717) is 16.7 Å². The molecular formula is C17H16FNO3. The summed E-state index contributed by atoms with van der Waals surface area (Å²) in [4.78, 5) is 23.4. The van der Waals surface area contributed by atoms with Crippen molar-refractivity contribution >= 4 is 11.9 Å². The number of carbonyl (C=O) groups excluding carboxylic acids is 2. The lowest BCUT2D eigenvalue weighted by molar-refractivity contribution is 0.0600. The summed E-state index contributed by atoms with van der Waals surface area (Å²) in [6.45, 7) is 2.04. The van der Waals surface area contributed by atoms with Crippen LogP contribution in [0.1, 0.15) is 31.8 Å². The number of aryl methyl sites for hydroxylation is 1. The van der Waals surface area contributed by atoms with E-state index in [1.165, 1.54) is 19.2 Å². The monoisotopic (exact) mass is 301 g/mol. The molecule has 2 rings (SSSR count). The summed E-state index contributed by atoms with van der Waals surface area (Å²) in [5.41, 5.74) is 2.29. The van der Waals surface area contributed by atoms with Gasteiger partial charge in [-0.25, -0.2) is 9.18 Å². The van der Waals surface area contributed by atoms with Crippen LogP contribution in [0.25, 0.3) is 0 Å². The maximum Gasteiger partial charge on any atom is 0.337 e. The summed E-state index contributed by atoms with van der Waals surface area (Å²) < 4.78 is 17.8. The average molecular weight is 301 g/mol. The third kappa shape index (κ3) is 3.69. The normalized spacial score (nSPS) is 10.1. The minimum absolute atomic E-state index is 0.288. The summed E-state index contributed by atoms with van der Waals surface area (Å²) in [7, 11) is 1.32. The number of halogens is 1. The van der Waals surface area contributed by atoms with Crippen LogP contribution in [0.2, 0.25) is 0 Å². The third-order valence-electron chi connectivity index (χ3n) is 3.27. The Morgan fingerprint density at radius 1 is 1.14 bits per heavy atom. The molecule has 0 spiro atoms. The molecule has 0 saturated heterocycles. The predicted octanol–water partition coefficient (Wildman–Crippen LogP) is 2.85. The lowest BCUT2D eigenvalue weighted by Crippen LogP contribution is -2.23. The number of hydrogen-bond donors (Lipinski definition) is 1. The molecule has 114 valence electrons. The Labute approximate surface area is 127 Å². The molecule has 4 nitrogen and oxygen atoms in total. The molecule has 0 aliphatic heterocycles. The molecule has 0 radical (unpaired) electrons. The number of esters is 1. The highest BCUT2D eigenvalue weighted by Gasteiger charge is 2.10. The molecule has 1 N–H and O–H groups in total. The van der Waals surface area contributed by atoms with Crippen LogP contribution in [0.15, 0.2) is 42.5 Å². The van der Waals surface area contributed by atoms with Gasteiger partial charge >= 0.3 is 5.97 Å². The van der Waals surface area contributed by atoms with E-state index >= 15 is 0 Å². The third-order valence-corrected chi connectivity index (χ3v) is 3.27. The van der Waals surface area contributed by atoms with E-state index in [9.17, 15) is 14.0 Å². The van der Waals surface area contributed by atoms with Crippen molar-refractivity contribution in [3.05, 3.63) is 70.5 Å². The van der Waals surface area contributed by atoms with E-state index in [0.717, 1.165) is 5.56 Å². The van der Waals surface area contributed by atoms with Gasteiger partial charge in [0.15, 0.2) is 0 Å². The second kappa shape index (κ2) is 6.85. The Hall–Kier alpha value is -2.69. The molecule has 0 saturated carbocycles. The molecule has 0 aliphatic carbocycles. The summed E-state index contributed by atoms with van der Waals surface area (Å²) in [6.07, 6.45) is 0. The molecule has 22 heavy (non-hydrogen) atoms. The van der Waals surface area contributed by atoms with Crippen molar-refractivity contribution < 1.29 is 18.7 Å². The number of hydrogen-bond acceptors (Lipinski definition) is 3. The quantitative estimate of drug-likeness (QED) is 0.884. The van der Waals surface area contributed by atoms with E-state index in [4.69, 9.17) is 0 Å². The van der Waals surface area contributed by atoms with Gasteiger partial charge in [0.25, 0.3) is 5.91 Å². The van der Waals surface area contributed by atoms with Crippen LogP contribution >= 0.6 is 0 Å². The summed E-state index contributed by atoms with van der Waals surface area (Å²) >= 11 is 0. The van der Waals surface area contributed by atoms with Crippen molar-refractivity contribution in [1.29, 1.82) is 0 Å². The highest BCUT2D eigenvalue weighted by atomic mass is 19.1. The van der Waals surface area contributed by atoms with Crippen molar-refractivity contribution in [2.75, 3.05) is 7.11 Å². The van der Waals surface area contributed by atoms with Crippen LogP contribution < -0.4 is 5.32 Å². The average Bonchev–Trinajstić information content (AvgIpc) is 2.54. The van der Waals surface area contributed by atoms with Crippen LogP contribution in [-0.2, 0) is 11.3 Å². The molecule has 5 heteroatoms. The molecule has 0 aliphatic rings. The molecule has 0 aromatic heterocycles. The van der Waals surface area contributed by atoms with Crippen molar-refractivity contribution in [3.8, 4) is 0 Å². The van der Waals surface area contributed by atoms with Gasteiger partial charge in [-0.3, -0.25) is 4.79 Å². The summed E-state index contributed by atoms with van der Waals surface area (Å²) in [5.74, 6) is -1.20. The van der Waals surface area contributed by atoms with Gasteiger partial charge in [-0.15, -0.1) is 0 Å². The number of rotatable bonds is 4. The Kier molecular flexibility index (Phi) is 4.88. The first kappa shape index (κ1) is 15.7. The highest BCUT2D eigenvalue weighted by Crippen LogP contribution is 2.11. The number of ether oxygens (including phenoxy) is 1. The van der Waals surface area contributed by atoms with Crippen molar-refractivity contribution in [2.45, 2.75) is 13.5 Å². The largest absolute Gasteiger partial charge is 0.465 e. The minimum Gasteiger partial charge on any atom is -0.465 e. The highest BCUT2D eigenvalue weighted by molar-refractivity contribution is 5.95. The first-order valence-corrected chi connectivity index (χ1v) is 6.73. The number of carbonyl (C=O) groups is 2. The molecule has 0 heterocycles. The second-order valence-corrected chi connectivity index (χ2v) is 4.83. The van der Waals surface area contributed by atoms with Gasteiger partial charge in [-0.1, -0.05) is 18.2 Å². The first-order valence-electron chi connectivity index (χ1n) is 6.73. The lowest BCUT2D eigenvalue weighted by atomic mass is 10.1. The van der Waals surface area contributed by atoms with Gasteiger partial charge in [0.2, 0.25) is 0 Å². The first-order chi connectivity index (χ1) is 10.5. The zero-order valence-corrected chi connectivity index (χ0v) is 12.4. The molecule has 0 bridgehead atoms. The fraction of sp³-hybridized carbons (Fsp3) is 0.176. The van der Waals surface area contributed by atoms with E-state index in [1.54, 1.807) is 37.3 Å². The Bertz CT molecular complexity index is 696. The predicted molar refractivity (Wildman–Crippen MR) is 80.1 cm³/mol. The van der Waals surface area contributed by atoms with Gasteiger partial charge in [-0.2, -0.15) is 0 Å². The van der Waals surface area contributed by atoms with Gasteiger partial charge in [0.1, 0.15) is 5.82 Å². The van der Waals surface area contributed by atoms with Crippen LogP contribution in [-0.4, -0.2) is 19.0 Å². The van der Waals surface area contributed by atoms with E-state index < -0.39 is 11.8 Å². The molecule has 2 aromatic rings. The molecule has 1 amide bonds. The summed E-state index contributed by atoms with van der Waals surface area (Å²) in [5, 5.41) is 2.72. The maximum absolute atomic E-state index is 13.2. The van der Waals surface area contributed by atoms with Crippen molar-refractivity contribution in [1.82, 2.24) is 5.32 Å². The fourth-order valence-electron chi connectivity index (χ4n) is 1.99. The number of nitrogens with one attached hydrogen (secondary N) is 1. The number of benzene rings is 2. The minimum atomic E-state index is -0.446. The Morgan fingerprint density at radius 2 is 1.82 bits per heavy atom. The van der Waals surface area contributed by atoms with E-state index in [-0.39, 0.29) is 12.5 Å². The van der Waals surface area contributed by atoms with Crippen molar-refractivity contribution in [3.63, 3.8) is 0 Å². The zero-order valence-electron chi connectivity index (χ0n) is 12.4. The van der Waals surface area contributed by atoms with Gasteiger partial charge in [0.05, 0.1) is 12.7 Å². The smallest absolute Gasteiger partial charge is 0.337 e. The number of amides is 1. The van der Waals surface area contributed by atoms with Crippen molar-refractivity contribution in [2.24, 2.45) is 0 Å². The standard InChI is InChI=1S/C17H16FNO3/c1-11-3-8-14(18)9-15(11)16(20)19-10-12-4-6-13(7-5-12)17(21)22-2/h3-9H,10H2,1-2H3,(H,19,20). The Morgan fingerprint density at radius 3 is 2.45 bits per heavy atom. The summed E-state index contributed by atoms with van der Waals surface area (Å²) in [6, 6.07) is 10.8. The second-order valence-electron chi connectivity index (χ2n) is 4.83. The molecule has 2 aromatic carbocycles. The topological polar surface area (TPSA) is 55.4 Å². The molecule has 0 unspecified atom stereocenters. The fourth-order valence-corrected chi connectivity index (χ4v) is 1.99. The van der Waals surface area contributed by atoms with E-state index in [1.807, 2.05) is 0 Å². The van der Waals surface area contributed by atoms with E-state index in [2.05, 4.69) is 10.1 Å². The van der Waals surface area contributed by atoms with Gasteiger partial charge < -0.3 is 10.1 Å². The molecular weight excluding hydrogens is 285 g/mol. The molecule has 0 fully saturated rings. The lowest BCUT2D eigenvalue weighted by Gasteiger charge is -2.08. The number of methoxy groups -OCH3 is 1. The van der Waals surface area contributed by atoms with Crippen LogP contribution in [0.4, 0.5) is 4.39 Å². The van der Waals surface area contributed by atoms with Crippen LogP contribution in [0, 0.1) is 12.7 Å². The Balaban J connectivity index is 2.02. The van der Waals surface area contributed by atoms with Gasteiger partial charge in [0, 0.05) is 12.1 Å². The molecule has 0 atom stereocenters. The zero-order chi connectivity index (χ0) is 16.1. The maximum atomic E-state index is 13.2. The van der Waals surface area contributed by atoms with Crippen LogP contribution in [0.3, 0.4) is 0 Å². The van der Waals surface area contributed by atoms with Crippen LogP contribution in [0.5, 0.6) is 0 Å². The van der Waals surface area contributed by atoms with Gasteiger partial charge in [-0.05, 0) is 42.3 Å².